The van der Waals surface area contributed by atoms with Crippen LogP contribution in [0.2, 0.25) is 0 Å². The maximum atomic E-state index is 13.2. The lowest BCUT2D eigenvalue weighted by Crippen LogP contribution is -2.44. The van der Waals surface area contributed by atoms with Crippen LogP contribution in [0.15, 0.2) is 46.8 Å². The Morgan fingerprint density at radius 2 is 2.07 bits per heavy atom. The highest BCUT2D eigenvalue weighted by Crippen LogP contribution is 2.30. The summed E-state index contributed by atoms with van der Waals surface area (Å²) in [6.45, 7) is 2.26. The van der Waals surface area contributed by atoms with Crippen LogP contribution in [0.1, 0.15) is 19.8 Å². The summed E-state index contributed by atoms with van der Waals surface area (Å²) in [7, 11) is -3.10. The predicted octanol–water partition coefficient (Wildman–Crippen LogP) is 2.55. The number of sulfone groups is 1. The second kappa shape index (κ2) is 8.31. The molecule has 158 valence electrons. The zero-order valence-corrected chi connectivity index (χ0v) is 18.3. The van der Waals surface area contributed by atoms with Crippen molar-refractivity contribution in [1.82, 2.24) is 14.5 Å². The summed E-state index contributed by atoms with van der Waals surface area (Å²) in [6.07, 6.45) is 2.57. The maximum absolute atomic E-state index is 13.2. The summed E-state index contributed by atoms with van der Waals surface area (Å²) in [6, 6.07) is 9.29. The molecule has 7 nitrogen and oxygen atoms in total. The summed E-state index contributed by atoms with van der Waals surface area (Å²) < 4.78 is 25.1. The molecule has 3 aromatic rings. The van der Waals surface area contributed by atoms with Crippen molar-refractivity contribution in [3.8, 4) is 11.1 Å². The number of hydrogen-bond donors (Lipinski definition) is 0. The second-order valence-corrected chi connectivity index (χ2v) is 10.6. The number of hydrogen-bond acceptors (Lipinski definition) is 6. The summed E-state index contributed by atoms with van der Waals surface area (Å²) >= 11 is 1.40. The number of rotatable bonds is 6. The molecule has 1 saturated heterocycles. The van der Waals surface area contributed by atoms with Gasteiger partial charge in [0, 0.05) is 23.5 Å². The van der Waals surface area contributed by atoms with Gasteiger partial charge in [-0.05, 0) is 18.4 Å². The van der Waals surface area contributed by atoms with Gasteiger partial charge in [0.05, 0.1) is 23.2 Å². The van der Waals surface area contributed by atoms with Crippen molar-refractivity contribution in [1.29, 1.82) is 0 Å². The van der Waals surface area contributed by atoms with Crippen LogP contribution < -0.4 is 5.56 Å². The molecule has 0 radical (unpaired) electrons. The number of fused-ring (bicyclic) bond motifs is 1. The summed E-state index contributed by atoms with van der Waals surface area (Å²) in [5.41, 5.74) is 1.47. The number of amides is 1. The minimum absolute atomic E-state index is 0.00634. The van der Waals surface area contributed by atoms with E-state index in [1.54, 1.807) is 4.90 Å². The molecule has 2 aromatic heterocycles. The maximum Gasteiger partial charge on any atom is 0.263 e. The molecule has 3 heterocycles. The lowest BCUT2D eigenvalue weighted by molar-refractivity contribution is -0.133. The van der Waals surface area contributed by atoms with Gasteiger partial charge in [0.25, 0.3) is 5.56 Å². The van der Waals surface area contributed by atoms with E-state index in [0.29, 0.717) is 23.2 Å². The van der Waals surface area contributed by atoms with E-state index in [1.807, 2.05) is 42.6 Å². The van der Waals surface area contributed by atoms with E-state index in [1.165, 1.54) is 22.2 Å². The molecule has 1 aliphatic rings. The van der Waals surface area contributed by atoms with Gasteiger partial charge in [-0.1, -0.05) is 37.3 Å². The molecule has 1 fully saturated rings. The van der Waals surface area contributed by atoms with Crippen molar-refractivity contribution in [3.05, 3.63) is 52.4 Å². The molecule has 1 atom stereocenters. The SMILES string of the molecule is CCCN(C(=O)Cn1cnc2scc(-c3ccccc3)c2c1=O)C1CCS(=O)(=O)C1. The molecule has 4 rings (SSSR count). The van der Waals surface area contributed by atoms with Crippen molar-refractivity contribution in [3.63, 3.8) is 0 Å². The van der Waals surface area contributed by atoms with Crippen LogP contribution in [-0.2, 0) is 21.2 Å². The molecular formula is C21H23N3O4S2. The van der Waals surface area contributed by atoms with Gasteiger partial charge in [-0.15, -0.1) is 11.3 Å². The molecule has 1 unspecified atom stereocenters. The molecule has 0 N–H and O–H groups in total. The van der Waals surface area contributed by atoms with Crippen LogP contribution in [0.25, 0.3) is 21.3 Å². The highest BCUT2D eigenvalue weighted by molar-refractivity contribution is 7.91. The molecule has 0 saturated carbocycles. The number of aromatic nitrogens is 2. The van der Waals surface area contributed by atoms with E-state index in [0.717, 1.165) is 17.5 Å². The molecule has 30 heavy (non-hydrogen) atoms. The van der Waals surface area contributed by atoms with E-state index < -0.39 is 9.84 Å². The highest BCUT2D eigenvalue weighted by atomic mass is 32.2. The van der Waals surface area contributed by atoms with Gasteiger partial charge in [-0.25, -0.2) is 13.4 Å². The number of benzene rings is 1. The molecule has 0 spiro atoms. The third-order valence-corrected chi connectivity index (χ3v) is 8.02. The molecule has 9 heteroatoms. The zero-order chi connectivity index (χ0) is 21.3. The lowest BCUT2D eigenvalue weighted by Gasteiger charge is -2.28. The minimum Gasteiger partial charge on any atom is -0.337 e. The third-order valence-electron chi connectivity index (χ3n) is 5.39. The number of nitrogens with zero attached hydrogens (tertiary/aromatic N) is 3. The fourth-order valence-corrected chi connectivity index (χ4v) is 6.56. The van der Waals surface area contributed by atoms with Crippen molar-refractivity contribution in [2.24, 2.45) is 0 Å². The first kappa shape index (κ1) is 20.7. The van der Waals surface area contributed by atoms with Crippen LogP contribution in [0, 0.1) is 0 Å². The van der Waals surface area contributed by atoms with E-state index in [2.05, 4.69) is 4.98 Å². The Balaban J connectivity index is 1.65. The Labute approximate surface area is 178 Å². The van der Waals surface area contributed by atoms with Crippen molar-refractivity contribution in [2.75, 3.05) is 18.1 Å². The molecule has 0 aliphatic carbocycles. The molecule has 1 aliphatic heterocycles. The second-order valence-electron chi connectivity index (χ2n) is 7.52. The zero-order valence-electron chi connectivity index (χ0n) is 16.7. The van der Waals surface area contributed by atoms with Gasteiger partial charge in [-0.2, -0.15) is 0 Å². The molecular weight excluding hydrogens is 422 g/mol. The first-order valence-corrected chi connectivity index (χ1v) is 12.6. The number of thiophene rings is 1. The van der Waals surface area contributed by atoms with Gasteiger partial charge in [0.15, 0.2) is 9.84 Å². The smallest absolute Gasteiger partial charge is 0.263 e. The van der Waals surface area contributed by atoms with Crippen LogP contribution in [0.3, 0.4) is 0 Å². The predicted molar refractivity (Wildman–Crippen MR) is 118 cm³/mol. The summed E-state index contributed by atoms with van der Waals surface area (Å²) in [5.74, 6) is -0.152. The normalized spacial score (nSPS) is 18.0. The van der Waals surface area contributed by atoms with Crippen molar-refractivity contribution >= 4 is 37.3 Å². The van der Waals surface area contributed by atoms with Gasteiger partial charge in [0.2, 0.25) is 5.91 Å². The largest absolute Gasteiger partial charge is 0.337 e. The Morgan fingerprint density at radius 1 is 1.30 bits per heavy atom. The quantitative estimate of drug-likeness (QED) is 0.582. The monoisotopic (exact) mass is 445 g/mol. The van der Waals surface area contributed by atoms with Gasteiger partial charge in [0.1, 0.15) is 11.4 Å². The van der Waals surface area contributed by atoms with Crippen LogP contribution in [-0.4, -0.2) is 52.9 Å². The van der Waals surface area contributed by atoms with Crippen LogP contribution in [0.4, 0.5) is 0 Å². The van der Waals surface area contributed by atoms with Gasteiger partial charge >= 0.3 is 0 Å². The fraction of sp³-hybridized carbons (Fsp3) is 0.381. The Hall–Kier alpha value is -2.52. The minimum atomic E-state index is -3.10. The van der Waals surface area contributed by atoms with Gasteiger partial charge in [-0.3, -0.25) is 14.2 Å². The van der Waals surface area contributed by atoms with Crippen LogP contribution in [0.5, 0.6) is 0 Å². The Kier molecular flexibility index (Phi) is 5.75. The van der Waals surface area contributed by atoms with E-state index >= 15 is 0 Å². The highest BCUT2D eigenvalue weighted by Gasteiger charge is 2.34. The fourth-order valence-electron chi connectivity index (χ4n) is 3.92. The van der Waals surface area contributed by atoms with Gasteiger partial charge < -0.3 is 4.90 Å². The first-order valence-electron chi connectivity index (χ1n) is 9.91. The van der Waals surface area contributed by atoms with E-state index in [-0.39, 0.29) is 35.6 Å². The Morgan fingerprint density at radius 3 is 2.73 bits per heavy atom. The molecule has 1 amide bonds. The third kappa shape index (κ3) is 4.04. The Bertz CT molecular complexity index is 1230. The van der Waals surface area contributed by atoms with Crippen molar-refractivity contribution in [2.45, 2.75) is 32.4 Å². The first-order chi connectivity index (χ1) is 14.4. The van der Waals surface area contributed by atoms with E-state index in [4.69, 9.17) is 0 Å². The average Bonchev–Trinajstić information content (AvgIpc) is 3.32. The van der Waals surface area contributed by atoms with Crippen LogP contribution >= 0.6 is 11.3 Å². The molecule has 0 bridgehead atoms. The number of carbonyl (C=O) groups is 1. The summed E-state index contributed by atoms with van der Waals surface area (Å²) in [4.78, 5) is 32.8. The van der Waals surface area contributed by atoms with E-state index in [9.17, 15) is 18.0 Å². The average molecular weight is 446 g/mol. The number of carbonyl (C=O) groups excluding carboxylic acids is 1. The standard InChI is InChI=1S/C21H23N3O4S2/c1-2-9-24(16-8-10-30(27,28)13-16)18(25)11-23-14-22-20-19(21(23)26)17(12-29-20)15-6-4-3-5-7-15/h3-7,12,14,16H,2,8-11,13H2,1H3. The summed E-state index contributed by atoms with van der Waals surface area (Å²) in [5, 5.41) is 2.42. The molecule has 1 aromatic carbocycles. The van der Waals surface area contributed by atoms with Crippen molar-refractivity contribution < 1.29 is 13.2 Å². The topological polar surface area (TPSA) is 89.3 Å². The lowest BCUT2D eigenvalue weighted by atomic mass is 10.1.